The second kappa shape index (κ2) is 11.5. The van der Waals surface area contributed by atoms with E-state index in [4.69, 9.17) is 4.74 Å². The number of hydrogen-bond acceptors (Lipinski definition) is 8. The molecular formula is C24H27N5O4S. The monoisotopic (exact) mass is 481 g/mol. The Morgan fingerprint density at radius 3 is 2.74 bits per heavy atom. The number of carbonyl (C=O) groups is 2. The molecule has 9 nitrogen and oxygen atoms in total. The predicted octanol–water partition coefficient (Wildman–Crippen LogP) is 3.03. The van der Waals surface area contributed by atoms with Gasteiger partial charge in [-0.2, -0.15) is 0 Å². The first-order valence-electron chi connectivity index (χ1n) is 11.2. The SMILES string of the molecule is O=C(CCCOc1ccc(CC(Nc2nc3ccccc3s2)C(=O)O)cc1)NC1=NCCCN1. The van der Waals surface area contributed by atoms with E-state index < -0.39 is 12.0 Å². The average Bonchev–Trinajstić information content (AvgIpc) is 3.25. The molecule has 1 unspecified atom stereocenters. The van der Waals surface area contributed by atoms with Crippen molar-refractivity contribution in [3.8, 4) is 5.75 Å². The van der Waals surface area contributed by atoms with Crippen LogP contribution in [0.4, 0.5) is 5.13 Å². The maximum atomic E-state index is 12.0. The lowest BCUT2D eigenvalue weighted by Crippen LogP contribution is -2.43. The number of aliphatic carboxylic acids is 1. The van der Waals surface area contributed by atoms with Crippen molar-refractivity contribution in [2.45, 2.75) is 31.7 Å². The van der Waals surface area contributed by atoms with Gasteiger partial charge in [-0.05, 0) is 42.7 Å². The fourth-order valence-corrected chi connectivity index (χ4v) is 4.39. The van der Waals surface area contributed by atoms with Crippen molar-refractivity contribution < 1.29 is 19.4 Å². The van der Waals surface area contributed by atoms with Crippen LogP contribution in [0.25, 0.3) is 10.2 Å². The van der Waals surface area contributed by atoms with E-state index in [0.717, 1.165) is 35.3 Å². The molecule has 10 heteroatoms. The molecule has 2 heterocycles. The zero-order chi connectivity index (χ0) is 23.8. The summed E-state index contributed by atoms with van der Waals surface area (Å²) in [6.45, 7) is 1.96. The molecule has 3 aromatic rings. The van der Waals surface area contributed by atoms with Crippen LogP contribution in [0.2, 0.25) is 0 Å². The first-order chi connectivity index (χ1) is 16.6. The van der Waals surface area contributed by atoms with E-state index in [1.165, 1.54) is 11.3 Å². The number of thiazole rings is 1. The molecular weight excluding hydrogens is 454 g/mol. The van der Waals surface area contributed by atoms with Crippen LogP contribution in [0.1, 0.15) is 24.8 Å². The van der Waals surface area contributed by atoms with E-state index >= 15 is 0 Å². The normalized spacial score (nSPS) is 14.1. The van der Waals surface area contributed by atoms with Crippen molar-refractivity contribution in [1.29, 1.82) is 0 Å². The second-order valence-electron chi connectivity index (χ2n) is 7.88. The quantitative estimate of drug-likeness (QED) is 0.328. The number of carboxylic acid groups (broad SMARTS) is 1. The Bertz CT molecular complexity index is 1130. The fraction of sp³-hybridized carbons (Fsp3) is 0.333. The summed E-state index contributed by atoms with van der Waals surface area (Å²) in [5.41, 5.74) is 1.71. The summed E-state index contributed by atoms with van der Waals surface area (Å²) in [6, 6.07) is 14.2. The maximum absolute atomic E-state index is 12.0. The van der Waals surface area contributed by atoms with Crippen molar-refractivity contribution in [1.82, 2.24) is 15.6 Å². The number of hydrogen-bond donors (Lipinski definition) is 4. The van der Waals surface area contributed by atoms with Gasteiger partial charge >= 0.3 is 5.97 Å². The molecule has 34 heavy (non-hydrogen) atoms. The minimum Gasteiger partial charge on any atom is -0.494 e. The zero-order valence-electron chi connectivity index (χ0n) is 18.6. The lowest BCUT2D eigenvalue weighted by Gasteiger charge is -2.15. The van der Waals surface area contributed by atoms with Crippen LogP contribution in [0.3, 0.4) is 0 Å². The molecule has 1 aromatic heterocycles. The van der Waals surface area contributed by atoms with Gasteiger partial charge in [-0.25, -0.2) is 9.78 Å². The van der Waals surface area contributed by atoms with Gasteiger partial charge < -0.3 is 20.5 Å². The van der Waals surface area contributed by atoms with Gasteiger partial charge in [0, 0.05) is 25.9 Å². The van der Waals surface area contributed by atoms with E-state index in [1.54, 1.807) is 0 Å². The van der Waals surface area contributed by atoms with Gasteiger partial charge in [-0.3, -0.25) is 15.1 Å². The molecule has 0 saturated heterocycles. The Morgan fingerprint density at radius 2 is 2.00 bits per heavy atom. The van der Waals surface area contributed by atoms with Crippen LogP contribution in [-0.4, -0.2) is 53.7 Å². The Hall–Kier alpha value is -3.66. The number of guanidine groups is 1. The number of anilines is 1. The van der Waals surface area contributed by atoms with E-state index in [1.807, 2.05) is 48.5 Å². The number of aliphatic imine (C=N–C) groups is 1. The standard InChI is InChI=1S/C24H27N5O4S/c30-21(29-23-25-12-4-13-26-23)7-3-14-33-17-10-8-16(9-11-17)15-19(22(31)32)28-24-27-18-5-1-2-6-20(18)34-24/h1-2,5-6,8-11,19H,3-4,7,12-15H2,(H,27,28)(H,31,32)(H2,25,26,29,30). The van der Waals surface area contributed by atoms with Gasteiger partial charge in [0.1, 0.15) is 11.8 Å². The number of benzene rings is 2. The summed E-state index contributed by atoms with van der Waals surface area (Å²) >= 11 is 1.43. The minimum atomic E-state index is -0.938. The first kappa shape index (κ1) is 23.5. The van der Waals surface area contributed by atoms with Crippen molar-refractivity contribution in [2.75, 3.05) is 25.0 Å². The van der Waals surface area contributed by atoms with E-state index in [-0.39, 0.29) is 5.91 Å². The van der Waals surface area contributed by atoms with Gasteiger partial charge in [-0.15, -0.1) is 0 Å². The molecule has 0 aliphatic carbocycles. The number of amides is 1. The third kappa shape index (κ3) is 6.67. The number of carbonyl (C=O) groups excluding carboxylic acids is 1. The summed E-state index contributed by atoms with van der Waals surface area (Å²) in [5, 5.41) is 19.1. The molecule has 0 spiro atoms. The van der Waals surface area contributed by atoms with Crippen molar-refractivity contribution >= 4 is 44.5 Å². The van der Waals surface area contributed by atoms with Crippen LogP contribution >= 0.6 is 11.3 Å². The Balaban J connectivity index is 1.23. The molecule has 0 fully saturated rings. The largest absolute Gasteiger partial charge is 0.494 e. The summed E-state index contributed by atoms with van der Waals surface area (Å²) < 4.78 is 6.72. The highest BCUT2D eigenvalue weighted by molar-refractivity contribution is 7.22. The number of fused-ring (bicyclic) bond motifs is 1. The summed E-state index contributed by atoms with van der Waals surface area (Å²) in [4.78, 5) is 32.4. The maximum Gasteiger partial charge on any atom is 0.326 e. The number of aromatic nitrogens is 1. The number of ether oxygens (including phenoxy) is 1. The topological polar surface area (TPSA) is 125 Å². The highest BCUT2D eigenvalue weighted by atomic mass is 32.1. The Kier molecular flexibility index (Phi) is 7.92. The molecule has 4 N–H and O–H groups in total. The number of carboxylic acids is 1. The summed E-state index contributed by atoms with van der Waals surface area (Å²) in [5.74, 6) is 0.193. The van der Waals surface area contributed by atoms with Crippen LogP contribution in [-0.2, 0) is 16.0 Å². The van der Waals surface area contributed by atoms with Gasteiger partial charge in [0.15, 0.2) is 11.1 Å². The Morgan fingerprint density at radius 1 is 1.18 bits per heavy atom. The van der Waals surface area contributed by atoms with Crippen molar-refractivity contribution in [3.63, 3.8) is 0 Å². The van der Waals surface area contributed by atoms with Crippen LogP contribution in [0, 0.1) is 0 Å². The van der Waals surface area contributed by atoms with Gasteiger partial charge in [0.05, 0.1) is 16.8 Å². The first-order valence-corrected chi connectivity index (χ1v) is 12.0. The molecule has 0 saturated carbocycles. The average molecular weight is 482 g/mol. The molecule has 1 amide bonds. The molecule has 2 aromatic carbocycles. The lowest BCUT2D eigenvalue weighted by atomic mass is 10.1. The van der Waals surface area contributed by atoms with Gasteiger partial charge in [0.25, 0.3) is 0 Å². The summed E-state index contributed by atoms with van der Waals surface area (Å²) in [6.07, 6.45) is 2.21. The molecule has 4 rings (SSSR count). The molecule has 1 aliphatic rings. The molecule has 0 radical (unpaired) electrons. The molecule has 1 aliphatic heterocycles. The van der Waals surface area contributed by atoms with E-state index in [0.29, 0.717) is 42.7 Å². The molecule has 1 atom stereocenters. The zero-order valence-corrected chi connectivity index (χ0v) is 19.4. The predicted molar refractivity (Wildman–Crippen MR) is 133 cm³/mol. The highest BCUT2D eigenvalue weighted by Gasteiger charge is 2.19. The Labute approximate surface area is 201 Å². The minimum absolute atomic E-state index is 0.0903. The van der Waals surface area contributed by atoms with Crippen LogP contribution in [0.15, 0.2) is 53.5 Å². The number of rotatable bonds is 10. The number of para-hydroxylation sites is 1. The van der Waals surface area contributed by atoms with Gasteiger partial charge in [-0.1, -0.05) is 35.6 Å². The van der Waals surface area contributed by atoms with Crippen molar-refractivity contribution in [3.05, 3.63) is 54.1 Å². The lowest BCUT2D eigenvalue weighted by molar-refractivity contribution is -0.137. The van der Waals surface area contributed by atoms with Crippen molar-refractivity contribution in [2.24, 2.45) is 4.99 Å². The fourth-order valence-electron chi connectivity index (χ4n) is 3.47. The van der Waals surface area contributed by atoms with Gasteiger partial charge in [0.2, 0.25) is 5.91 Å². The van der Waals surface area contributed by atoms with E-state index in [2.05, 4.69) is 25.9 Å². The third-order valence-electron chi connectivity index (χ3n) is 5.22. The smallest absolute Gasteiger partial charge is 0.326 e. The number of nitrogens with zero attached hydrogens (tertiary/aromatic N) is 2. The highest BCUT2D eigenvalue weighted by Crippen LogP contribution is 2.26. The number of nitrogens with one attached hydrogen (secondary N) is 3. The van der Waals surface area contributed by atoms with Crippen LogP contribution in [0.5, 0.6) is 5.75 Å². The van der Waals surface area contributed by atoms with Crippen LogP contribution < -0.4 is 20.7 Å². The summed E-state index contributed by atoms with van der Waals surface area (Å²) in [7, 11) is 0. The molecule has 178 valence electrons. The molecule has 0 bridgehead atoms. The third-order valence-corrected chi connectivity index (χ3v) is 6.19. The second-order valence-corrected chi connectivity index (χ2v) is 8.91. The van der Waals surface area contributed by atoms with E-state index in [9.17, 15) is 14.7 Å².